The molecule has 0 bridgehead atoms. The van der Waals surface area contributed by atoms with Crippen LogP contribution in [0.25, 0.3) is 0 Å². The quantitative estimate of drug-likeness (QED) is 0.599. The van der Waals surface area contributed by atoms with Crippen molar-refractivity contribution in [3.05, 3.63) is 59.5 Å². The van der Waals surface area contributed by atoms with Crippen molar-refractivity contribution in [1.82, 2.24) is 20.5 Å². The fourth-order valence-corrected chi connectivity index (χ4v) is 3.87. The van der Waals surface area contributed by atoms with Crippen LogP contribution < -0.4 is 16.4 Å². The molecule has 0 spiro atoms. The molecule has 4 N–H and O–H groups in total. The third kappa shape index (κ3) is 6.24. The lowest BCUT2D eigenvalue weighted by molar-refractivity contribution is -0.131. The molecule has 0 saturated carbocycles. The van der Waals surface area contributed by atoms with Gasteiger partial charge in [-0.3, -0.25) is 14.5 Å². The summed E-state index contributed by atoms with van der Waals surface area (Å²) in [6.07, 6.45) is 3.59. The standard InChI is InChI=1S/C23H30FN5O2/c1-15(2)29-11-3-4-20(29)23(31)28-19(12-16-5-8-18(24)9-6-16)22(30)27-14-17-7-10-21(25)26-13-17/h5-10,13,15,19-20H,3-4,11-12,14H2,1-2H3,(H2,25,26)(H,27,30)(H,28,31)/t19-,20+/m0/s1. The van der Waals surface area contributed by atoms with Crippen LogP contribution >= 0.6 is 0 Å². The van der Waals surface area contributed by atoms with Crippen LogP contribution in [0, 0.1) is 5.82 Å². The highest BCUT2D eigenvalue weighted by molar-refractivity contribution is 5.90. The van der Waals surface area contributed by atoms with Gasteiger partial charge in [0, 0.05) is 25.2 Å². The summed E-state index contributed by atoms with van der Waals surface area (Å²) in [6.45, 7) is 5.27. The van der Waals surface area contributed by atoms with Crippen molar-refractivity contribution in [3.8, 4) is 0 Å². The Morgan fingerprint density at radius 1 is 1.19 bits per heavy atom. The molecule has 1 aromatic carbocycles. The first-order valence-corrected chi connectivity index (χ1v) is 10.6. The molecule has 2 aromatic rings. The second-order valence-electron chi connectivity index (χ2n) is 8.19. The number of hydrogen-bond acceptors (Lipinski definition) is 5. The Balaban J connectivity index is 1.70. The Hall–Kier alpha value is -3.00. The summed E-state index contributed by atoms with van der Waals surface area (Å²) >= 11 is 0. The van der Waals surface area contributed by atoms with Crippen molar-refractivity contribution in [1.29, 1.82) is 0 Å². The van der Waals surface area contributed by atoms with Gasteiger partial charge in [-0.05, 0) is 62.6 Å². The van der Waals surface area contributed by atoms with E-state index >= 15 is 0 Å². The van der Waals surface area contributed by atoms with Crippen LogP contribution in [0.15, 0.2) is 42.6 Å². The van der Waals surface area contributed by atoms with E-state index in [0.29, 0.717) is 5.82 Å². The van der Waals surface area contributed by atoms with Gasteiger partial charge in [-0.25, -0.2) is 9.37 Å². The molecule has 166 valence electrons. The molecule has 8 heteroatoms. The zero-order valence-electron chi connectivity index (χ0n) is 18.0. The van der Waals surface area contributed by atoms with Crippen LogP contribution in [-0.4, -0.2) is 46.4 Å². The number of halogens is 1. The smallest absolute Gasteiger partial charge is 0.243 e. The van der Waals surface area contributed by atoms with Crippen molar-refractivity contribution >= 4 is 17.6 Å². The molecule has 31 heavy (non-hydrogen) atoms. The number of nitrogen functional groups attached to an aromatic ring is 1. The summed E-state index contributed by atoms with van der Waals surface area (Å²) in [5.41, 5.74) is 7.17. The first-order chi connectivity index (χ1) is 14.8. The van der Waals surface area contributed by atoms with Gasteiger partial charge in [0.1, 0.15) is 17.7 Å². The van der Waals surface area contributed by atoms with Gasteiger partial charge in [-0.1, -0.05) is 18.2 Å². The number of hydrogen-bond donors (Lipinski definition) is 3. The third-order valence-electron chi connectivity index (χ3n) is 5.56. The summed E-state index contributed by atoms with van der Waals surface area (Å²) in [5, 5.41) is 5.79. The number of nitrogens with one attached hydrogen (secondary N) is 2. The molecule has 1 aliphatic heterocycles. The van der Waals surface area contributed by atoms with Crippen molar-refractivity contribution < 1.29 is 14.0 Å². The fourth-order valence-electron chi connectivity index (χ4n) is 3.87. The number of likely N-dealkylation sites (tertiary alicyclic amines) is 1. The van der Waals surface area contributed by atoms with E-state index in [0.717, 1.165) is 30.5 Å². The number of nitrogens with zero attached hydrogens (tertiary/aromatic N) is 2. The van der Waals surface area contributed by atoms with Crippen LogP contribution in [0.4, 0.5) is 10.2 Å². The normalized spacial score (nSPS) is 17.5. The van der Waals surface area contributed by atoms with Gasteiger partial charge < -0.3 is 16.4 Å². The Bertz CT molecular complexity index is 886. The average Bonchev–Trinajstić information content (AvgIpc) is 3.25. The average molecular weight is 428 g/mol. The van der Waals surface area contributed by atoms with Crippen LogP contribution in [-0.2, 0) is 22.6 Å². The summed E-state index contributed by atoms with van der Waals surface area (Å²) in [6, 6.07) is 8.64. The fraction of sp³-hybridized carbons (Fsp3) is 0.435. The summed E-state index contributed by atoms with van der Waals surface area (Å²) in [4.78, 5) is 32.2. The van der Waals surface area contributed by atoms with Crippen molar-refractivity contribution in [2.45, 2.75) is 57.8 Å². The first-order valence-electron chi connectivity index (χ1n) is 10.6. The Morgan fingerprint density at radius 3 is 2.55 bits per heavy atom. The Kier molecular flexibility index (Phi) is 7.57. The number of amides is 2. The molecule has 1 saturated heterocycles. The largest absolute Gasteiger partial charge is 0.384 e. The van der Waals surface area contributed by atoms with Gasteiger partial charge >= 0.3 is 0 Å². The molecular formula is C23H30FN5O2. The van der Waals surface area contributed by atoms with E-state index in [1.807, 2.05) is 0 Å². The van der Waals surface area contributed by atoms with Gasteiger partial charge in [-0.2, -0.15) is 0 Å². The lowest BCUT2D eigenvalue weighted by atomic mass is 10.0. The number of nitrogens with two attached hydrogens (primary N) is 1. The zero-order valence-corrected chi connectivity index (χ0v) is 18.0. The van der Waals surface area contributed by atoms with Crippen LogP contribution in [0.1, 0.15) is 37.8 Å². The number of aromatic nitrogens is 1. The maximum absolute atomic E-state index is 13.3. The minimum atomic E-state index is -0.769. The number of benzene rings is 1. The van der Waals surface area contributed by atoms with Gasteiger partial charge in [0.05, 0.1) is 6.04 Å². The molecule has 7 nitrogen and oxygen atoms in total. The molecular weight excluding hydrogens is 397 g/mol. The lowest BCUT2D eigenvalue weighted by Crippen LogP contribution is -2.53. The van der Waals surface area contributed by atoms with Crippen LogP contribution in [0.3, 0.4) is 0 Å². The van der Waals surface area contributed by atoms with Gasteiger partial charge in [-0.15, -0.1) is 0 Å². The molecule has 2 atom stereocenters. The molecule has 1 fully saturated rings. The van der Waals surface area contributed by atoms with Gasteiger partial charge in [0.25, 0.3) is 0 Å². The van der Waals surface area contributed by atoms with Gasteiger partial charge in [0.15, 0.2) is 0 Å². The number of carbonyl (C=O) groups is 2. The molecule has 0 radical (unpaired) electrons. The minimum Gasteiger partial charge on any atom is -0.384 e. The maximum Gasteiger partial charge on any atom is 0.243 e. The molecule has 3 rings (SSSR count). The van der Waals surface area contributed by atoms with E-state index in [9.17, 15) is 14.0 Å². The van der Waals surface area contributed by atoms with E-state index in [1.165, 1.54) is 12.1 Å². The van der Waals surface area contributed by atoms with E-state index in [-0.39, 0.29) is 42.7 Å². The molecule has 2 heterocycles. The third-order valence-corrected chi connectivity index (χ3v) is 5.56. The van der Waals surface area contributed by atoms with Crippen molar-refractivity contribution in [2.24, 2.45) is 0 Å². The van der Waals surface area contributed by atoms with E-state index in [2.05, 4.69) is 34.4 Å². The monoisotopic (exact) mass is 427 g/mol. The molecule has 1 aromatic heterocycles. The summed E-state index contributed by atoms with van der Waals surface area (Å²) in [5.74, 6) is -0.392. The van der Waals surface area contributed by atoms with Crippen LogP contribution in [0.5, 0.6) is 0 Å². The molecule has 0 aliphatic carbocycles. The highest BCUT2D eigenvalue weighted by Crippen LogP contribution is 2.20. The Morgan fingerprint density at radius 2 is 1.90 bits per heavy atom. The maximum atomic E-state index is 13.3. The summed E-state index contributed by atoms with van der Waals surface area (Å²) < 4.78 is 13.3. The highest BCUT2D eigenvalue weighted by atomic mass is 19.1. The second kappa shape index (κ2) is 10.3. The van der Waals surface area contributed by atoms with Crippen molar-refractivity contribution in [2.75, 3.05) is 12.3 Å². The van der Waals surface area contributed by atoms with Crippen LogP contribution in [0.2, 0.25) is 0 Å². The molecule has 0 unspecified atom stereocenters. The van der Waals surface area contributed by atoms with E-state index in [4.69, 9.17) is 5.73 Å². The van der Waals surface area contributed by atoms with E-state index < -0.39 is 6.04 Å². The number of carbonyl (C=O) groups excluding carboxylic acids is 2. The number of rotatable bonds is 8. The van der Waals surface area contributed by atoms with Gasteiger partial charge in [0.2, 0.25) is 11.8 Å². The van der Waals surface area contributed by atoms with Crippen molar-refractivity contribution in [3.63, 3.8) is 0 Å². The molecule has 1 aliphatic rings. The SMILES string of the molecule is CC(C)N1CCC[C@@H]1C(=O)N[C@@H](Cc1ccc(F)cc1)C(=O)NCc1ccc(N)nc1. The first kappa shape index (κ1) is 22.7. The topological polar surface area (TPSA) is 100 Å². The zero-order chi connectivity index (χ0) is 22.4. The second-order valence-corrected chi connectivity index (χ2v) is 8.19. The Labute approximate surface area is 182 Å². The minimum absolute atomic E-state index is 0.150. The summed E-state index contributed by atoms with van der Waals surface area (Å²) in [7, 11) is 0. The van der Waals surface area contributed by atoms with E-state index in [1.54, 1.807) is 30.5 Å². The molecule has 2 amide bonds. The lowest BCUT2D eigenvalue weighted by Gasteiger charge is -2.29. The predicted octanol–water partition coefficient (Wildman–Crippen LogP) is 2.02. The predicted molar refractivity (Wildman–Crippen MR) is 117 cm³/mol. The highest BCUT2D eigenvalue weighted by Gasteiger charge is 2.34. The number of pyridine rings is 1. The number of anilines is 1.